The van der Waals surface area contributed by atoms with Crippen molar-refractivity contribution in [2.24, 2.45) is 0 Å². The first-order chi connectivity index (χ1) is 6.76. The fourth-order valence-corrected chi connectivity index (χ4v) is 3.28. The Hall–Kier alpha value is -0.380. The molecule has 0 saturated heterocycles. The van der Waals surface area contributed by atoms with Gasteiger partial charge in [-0.3, -0.25) is 4.79 Å². The topological polar surface area (TPSA) is 17.1 Å². The predicted octanol–water partition coefficient (Wildman–Crippen LogP) is 4.22. The Morgan fingerprint density at radius 3 is 2.93 bits per heavy atom. The van der Waals surface area contributed by atoms with Crippen molar-refractivity contribution in [1.82, 2.24) is 0 Å². The largest absolute Gasteiger partial charge is 0.298 e. The highest BCUT2D eigenvalue weighted by atomic mass is 79.9. The minimum absolute atomic E-state index is 0.502. The van der Waals surface area contributed by atoms with E-state index in [1.54, 1.807) is 11.3 Å². The second-order valence-electron chi connectivity index (χ2n) is 2.87. The van der Waals surface area contributed by atoms with Crippen LogP contribution in [0.5, 0.6) is 0 Å². The molecule has 0 radical (unpaired) electrons. The molecule has 0 N–H and O–H groups in total. The van der Waals surface area contributed by atoms with Crippen LogP contribution < -0.4 is 0 Å². The number of hydrogen-bond donors (Lipinski definition) is 0. The van der Waals surface area contributed by atoms with E-state index in [2.05, 4.69) is 15.9 Å². The molecule has 0 spiro atoms. The second kappa shape index (κ2) is 4.01. The van der Waals surface area contributed by atoms with Crippen LogP contribution in [0, 0.1) is 0 Å². The van der Waals surface area contributed by atoms with E-state index in [9.17, 15) is 4.79 Å². The van der Waals surface area contributed by atoms with Crippen LogP contribution in [0.4, 0.5) is 0 Å². The van der Waals surface area contributed by atoms with Crippen molar-refractivity contribution in [2.75, 3.05) is 0 Å². The number of hydrogen-bond acceptors (Lipinski definition) is 2. The number of benzene rings is 1. The maximum Gasteiger partial charge on any atom is 0.152 e. The third-order valence-corrected chi connectivity index (χ3v) is 4.20. The molecule has 4 heteroatoms. The van der Waals surface area contributed by atoms with Crippen LogP contribution in [0.2, 0.25) is 0 Å². The Morgan fingerprint density at radius 2 is 2.29 bits per heavy atom. The average molecular weight is 290 g/mol. The average Bonchev–Trinajstić information content (AvgIpc) is 2.51. The molecule has 0 aliphatic rings. The van der Waals surface area contributed by atoms with Crippen molar-refractivity contribution in [3.8, 4) is 0 Å². The third kappa shape index (κ3) is 1.60. The lowest BCUT2D eigenvalue weighted by Crippen LogP contribution is -1.78. The lowest BCUT2D eigenvalue weighted by atomic mass is 10.1. The third-order valence-electron chi connectivity index (χ3n) is 2.02. The van der Waals surface area contributed by atoms with Gasteiger partial charge in [0.15, 0.2) is 6.29 Å². The number of thiophene rings is 1. The smallest absolute Gasteiger partial charge is 0.152 e. The lowest BCUT2D eigenvalue weighted by molar-refractivity contribution is 0.112. The van der Waals surface area contributed by atoms with Crippen LogP contribution in [-0.2, 0) is 5.88 Å². The Labute approximate surface area is 98.8 Å². The first-order valence-electron chi connectivity index (χ1n) is 3.98. The van der Waals surface area contributed by atoms with Crippen molar-refractivity contribution in [3.05, 3.63) is 33.1 Å². The summed E-state index contributed by atoms with van der Waals surface area (Å²) in [6, 6.07) is 5.91. The number of alkyl halides is 1. The van der Waals surface area contributed by atoms with Crippen molar-refractivity contribution in [2.45, 2.75) is 5.88 Å². The standard InChI is InChI=1S/C10H6BrClOS/c11-10-8(5-13)7-2-1-6(4-12)3-9(7)14-10/h1-3,5H,4H2. The fourth-order valence-electron chi connectivity index (χ4n) is 1.32. The molecule has 0 aliphatic carbocycles. The van der Waals surface area contributed by atoms with E-state index in [0.717, 1.165) is 31.3 Å². The fraction of sp³-hybridized carbons (Fsp3) is 0.100. The second-order valence-corrected chi connectivity index (χ2v) is 5.51. The molecule has 0 unspecified atom stereocenters. The molecule has 0 bridgehead atoms. The van der Waals surface area contributed by atoms with Crippen LogP contribution in [0.3, 0.4) is 0 Å². The molecule has 1 aromatic carbocycles. The summed E-state index contributed by atoms with van der Waals surface area (Å²) in [6.45, 7) is 0. The minimum Gasteiger partial charge on any atom is -0.298 e. The van der Waals surface area contributed by atoms with E-state index in [4.69, 9.17) is 11.6 Å². The van der Waals surface area contributed by atoms with Crippen molar-refractivity contribution in [1.29, 1.82) is 0 Å². The normalized spacial score (nSPS) is 10.7. The van der Waals surface area contributed by atoms with Crippen molar-refractivity contribution < 1.29 is 4.79 Å². The van der Waals surface area contributed by atoms with E-state index >= 15 is 0 Å². The number of fused-ring (bicyclic) bond motifs is 1. The van der Waals surface area contributed by atoms with Crippen molar-refractivity contribution in [3.63, 3.8) is 0 Å². The van der Waals surface area contributed by atoms with E-state index in [1.807, 2.05) is 18.2 Å². The Balaban J connectivity index is 2.74. The predicted molar refractivity (Wildman–Crippen MR) is 64.5 cm³/mol. The molecule has 0 saturated carbocycles. The molecule has 0 fully saturated rings. The molecule has 0 atom stereocenters. The van der Waals surface area contributed by atoms with E-state index in [1.165, 1.54) is 0 Å². The first-order valence-corrected chi connectivity index (χ1v) is 6.12. The van der Waals surface area contributed by atoms with Crippen LogP contribution in [0.1, 0.15) is 15.9 Å². The molecule has 1 nitrogen and oxygen atoms in total. The van der Waals surface area contributed by atoms with Gasteiger partial charge in [0.2, 0.25) is 0 Å². The molecular formula is C10H6BrClOS. The highest BCUT2D eigenvalue weighted by Gasteiger charge is 2.09. The highest BCUT2D eigenvalue weighted by Crippen LogP contribution is 2.34. The van der Waals surface area contributed by atoms with Gasteiger partial charge in [0.1, 0.15) is 0 Å². The number of carbonyl (C=O) groups excluding carboxylic acids is 1. The summed E-state index contributed by atoms with van der Waals surface area (Å²) in [7, 11) is 0. The van der Waals surface area contributed by atoms with Gasteiger partial charge in [-0.05, 0) is 27.6 Å². The zero-order chi connectivity index (χ0) is 10.1. The number of rotatable bonds is 2. The monoisotopic (exact) mass is 288 g/mol. The van der Waals surface area contributed by atoms with Gasteiger partial charge < -0.3 is 0 Å². The van der Waals surface area contributed by atoms with Crippen molar-refractivity contribution >= 4 is 55.2 Å². The van der Waals surface area contributed by atoms with Gasteiger partial charge in [-0.15, -0.1) is 22.9 Å². The summed E-state index contributed by atoms with van der Waals surface area (Å²) >= 11 is 10.7. The van der Waals surface area contributed by atoms with Crippen LogP contribution in [0.15, 0.2) is 22.0 Å². The summed E-state index contributed by atoms with van der Waals surface area (Å²) in [5, 5.41) is 0.991. The highest BCUT2D eigenvalue weighted by molar-refractivity contribution is 9.11. The molecule has 14 heavy (non-hydrogen) atoms. The van der Waals surface area contributed by atoms with Crippen LogP contribution in [0.25, 0.3) is 10.1 Å². The maximum absolute atomic E-state index is 10.8. The quantitative estimate of drug-likeness (QED) is 0.598. The molecule has 1 aromatic heterocycles. The molecule has 2 rings (SSSR count). The summed E-state index contributed by atoms with van der Waals surface area (Å²) in [6.07, 6.45) is 0.878. The van der Waals surface area contributed by atoms with Gasteiger partial charge in [-0.25, -0.2) is 0 Å². The Morgan fingerprint density at radius 1 is 1.50 bits per heavy atom. The molecule has 2 aromatic rings. The van der Waals surface area contributed by atoms with Crippen LogP contribution in [-0.4, -0.2) is 6.29 Å². The molecule has 0 aliphatic heterocycles. The molecular weight excluding hydrogens is 284 g/mol. The number of carbonyl (C=O) groups is 1. The van der Waals surface area contributed by atoms with E-state index in [-0.39, 0.29) is 0 Å². The van der Waals surface area contributed by atoms with Gasteiger partial charge in [0.05, 0.1) is 3.79 Å². The summed E-state index contributed by atoms with van der Waals surface area (Å²) in [4.78, 5) is 10.8. The Bertz CT molecular complexity index is 492. The van der Waals surface area contributed by atoms with Gasteiger partial charge >= 0.3 is 0 Å². The van der Waals surface area contributed by atoms with Gasteiger partial charge in [0.25, 0.3) is 0 Å². The summed E-state index contributed by atoms with van der Waals surface area (Å²) in [5.74, 6) is 0.502. The summed E-state index contributed by atoms with van der Waals surface area (Å²) in [5.41, 5.74) is 1.80. The lowest BCUT2D eigenvalue weighted by Gasteiger charge is -1.94. The van der Waals surface area contributed by atoms with Gasteiger partial charge in [-0.2, -0.15) is 0 Å². The Kier molecular flexibility index (Phi) is 2.91. The first kappa shape index (κ1) is 10.1. The van der Waals surface area contributed by atoms with Gasteiger partial charge in [-0.1, -0.05) is 12.1 Å². The van der Waals surface area contributed by atoms with Gasteiger partial charge in [0, 0.05) is 21.5 Å². The molecule has 72 valence electrons. The zero-order valence-electron chi connectivity index (χ0n) is 7.09. The van der Waals surface area contributed by atoms with E-state index in [0.29, 0.717) is 5.88 Å². The number of halogens is 2. The SMILES string of the molecule is O=Cc1c(Br)sc2cc(CCl)ccc12. The molecule has 1 heterocycles. The van der Waals surface area contributed by atoms with E-state index < -0.39 is 0 Å². The minimum atomic E-state index is 0.502. The number of aldehydes is 1. The summed E-state index contributed by atoms with van der Waals surface area (Å²) < 4.78 is 1.98. The molecule has 0 amide bonds. The maximum atomic E-state index is 10.8. The zero-order valence-corrected chi connectivity index (χ0v) is 10.2. The van der Waals surface area contributed by atoms with Crippen LogP contribution >= 0.6 is 38.9 Å².